The van der Waals surface area contributed by atoms with Crippen molar-refractivity contribution >= 4 is 17.2 Å². The Morgan fingerprint density at radius 1 is 1.15 bits per heavy atom. The molecule has 5 heteroatoms. The molecule has 2 N–H and O–H groups in total. The molecule has 2 saturated heterocycles. The number of methoxy groups -OCH3 is 1. The number of fused-ring (bicyclic) bond motifs is 2. The Kier molecular flexibility index (Phi) is 5.27. The molecule has 2 aliphatic rings. The molecular weight excluding hydrogens is 344 g/mol. The van der Waals surface area contributed by atoms with Crippen LogP contribution in [0.3, 0.4) is 0 Å². The first-order valence-corrected chi connectivity index (χ1v) is 10.3. The van der Waals surface area contributed by atoms with Crippen LogP contribution in [0.25, 0.3) is 10.4 Å². The van der Waals surface area contributed by atoms with Gasteiger partial charge in [0.25, 0.3) is 0 Å². The van der Waals surface area contributed by atoms with Crippen LogP contribution in [0.2, 0.25) is 0 Å². The molecule has 0 saturated carbocycles. The molecule has 2 aromatic rings. The zero-order chi connectivity index (χ0) is 17.9. The van der Waals surface area contributed by atoms with E-state index < -0.39 is 0 Å². The third kappa shape index (κ3) is 4.10. The molecule has 138 valence electrons. The maximum atomic E-state index is 12.3. The zero-order valence-corrected chi connectivity index (χ0v) is 16.0. The van der Waals surface area contributed by atoms with E-state index in [1.165, 1.54) is 28.2 Å². The summed E-state index contributed by atoms with van der Waals surface area (Å²) in [6.45, 7) is 0.623. The van der Waals surface area contributed by atoms with Crippen molar-refractivity contribution in [2.45, 2.75) is 50.7 Å². The van der Waals surface area contributed by atoms with Gasteiger partial charge >= 0.3 is 0 Å². The lowest BCUT2D eigenvalue weighted by Gasteiger charge is -2.28. The monoisotopic (exact) mass is 370 g/mol. The number of hydrogen-bond donors (Lipinski definition) is 2. The van der Waals surface area contributed by atoms with Crippen molar-refractivity contribution < 1.29 is 9.53 Å². The molecule has 4 nitrogen and oxygen atoms in total. The van der Waals surface area contributed by atoms with Gasteiger partial charge in [-0.25, -0.2) is 0 Å². The van der Waals surface area contributed by atoms with E-state index in [9.17, 15) is 4.79 Å². The maximum absolute atomic E-state index is 12.3. The quantitative estimate of drug-likeness (QED) is 0.809. The van der Waals surface area contributed by atoms with Gasteiger partial charge in [-0.15, -0.1) is 11.3 Å². The van der Waals surface area contributed by atoms with Crippen LogP contribution in [0.4, 0.5) is 0 Å². The third-order valence-electron chi connectivity index (χ3n) is 5.54. The van der Waals surface area contributed by atoms with Crippen molar-refractivity contribution in [2.24, 2.45) is 5.92 Å². The van der Waals surface area contributed by atoms with E-state index in [0.717, 1.165) is 18.6 Å². The second kappa shape index (κ2) is 7.80. The number of carbonyl (C=O) groups excluding carboxylic acids is 1. The summed E-state index contributed by atoms with van der Waals surface area (Å²) in [5.41, 5.74) is 1.18. The van der Waals surface area contributed by atoms with Crippen LogP contribution in [0.5, 0.6) is 5.75 Å². The first-order chi connectivity index (χ1) is 12.7. The van der Waals surface area contributed by atoms with E-state index in [1.54, 1.807) is 18.4 Å². The number of nitrogens with one attached hydrogen (secondary N) is 2. The van der Waals surface area contributed by atoms with Crippen molar-refractivity contribution in [3.63, 3.8) is 0 Å². The summed E-state index contributed by atoms with van der Waals surface area (Å²) in [7, 11) is 1.68. The van der Waals surface area contributed by atoms with E-state index in [-0.39, 0.29) is 5.91 Å². The van der Waals surface area contributed by atoms with E-state index >= 15 is 0 Å². The topological polar surface area (TPSA) is 50.4 Å². The first kappa shape index (κ1) is 17.6. The second-order valence-electron chi connectivity index (χ2n) is 7.45. The fourth-order valence-electron chi connectivity index (χ4n) is 4.25. The fraction of sp³-hybridized carbons (Fsp3) is 0.476. The zero-order valence-electron chi connectivity index (χ0n) is 15.2. The summed E-state index contributed by atoms with van der Waals surface area (Å²) in [4.78, 5) is 14.7. The third-order valence-corrected chi connectivity index (χ3v) is 6.68. The van der Waals surface area contributed by atoms with Gasteiger partial charge in [-0.1, -0.05) is 0 Å². The predicted molar refractivity (Wildman–Crippen MR) is 105 cm³/mol. The Balaban J connectivity index is 1.28. The van der Waals surface area contributed by atoms with E-state index in [0.29, 0.717) is 31.0 Å². The summed E-state index contributed by atoms with van der Waals surface area (Å²) < 4.78 is 5.21. The molecule has 2 atom stereocenters. The number of piperidine rings is 1. The molecule has 2 unspecified atom stereocenters. The normalized spacial score (nSPS) is 24.4. The van der Waals surface area contributed by atoms with Gasteiger partial charge in [0.1, 0.15) is 5.75 Å². The van der Waals surface area contributed by atoms with Crippen LogP contribution in [-0.4, -0.2) is 25.1 Å². The molecule has 26 heavy (non-hydrogen) atoms. The van der Waals surface area contributed by atoms with Crippen LogP contribution in [0.1, 0.15) is 37.0 Å². The van der Waals surface area contributed by atoms with E-state index in [2.05, 4.69) is 34.9 Å². The van der Waals surface area contributed by atoms with Crippen LogP contribution in [0.15, 0.2) is 36.4 Å². The Bertz CT molecular complexity index is 744. The van der Waals surface area contributed by atoms with Crippen LogP contribution < -0.4 is 15.4 Å². The molecule has 2 aliphatic heterocycles. The molecule has 2 bridgehead atoms. The number of amides is 1. The Hall–Kier alpha value is -1.85. The van der Waals surface area contributed by atoms with Gasteiger partial charge in [-0.3, -0.25) is 4.79 Å². The lowest BCUT2D eigenvalue weighted by atomic mass is 9.89. The first-order valence-electron chi connectivity index (χ1n) is 9.45. The number of hydrogen-bond acceptors (Lipinski definition) is 4. The molecule has 3 heterocycles. The molecular formula is C21H26N2O2S. The number of thiophene rings is 1. The Labute approximate surface area is 159 Å². The van der Waals surface area contributed by atoms with E-state index in [1.807, 2.05) is 12.1 Å². The van der Waals surface area contributed by atoms with Crippen LogP contribution >= 0.6 is 11.3 Å². The smallest absolute Gasteiger partial charge is 0.220 e. The number of carbonyl (C=O) groups is 1. The summed E-state index contributed by atoms with van der Waals surface area (Å²) >= 11 is 1.73. The molecule has 1 aromatic carbocycles. The largest absolute Gasteiger partial charge is 0.497 e. The van der Waals surface area contributed by atoms with Crippen molar-refractivity contribution in [3.05, 3.63) is 41.3 Å². The highest BCUT2D eigenvalue weighted by molar-refractivity contribution is 7.15. The van der Waals surface area contributed by atoms with Gasteiger partial charge in [-0.2, -0.15) is 0 Å². The molecule has 0 aliphatic carbocycles. The fourth-order valence-corrected chi connectivity index (χ4v) is 5.20. The van der Waals surface area contributed by atoms with Gasteiger partial charge in [0.05, 0.1) is 13.7 Å². The van der Waals surface area contributed by atoms with E-state index in [4.69, 9.17) is 4.74 Å². The highest BCUT2D eigenvalue weighted by atomic mass is 32.1. The minimum absolute atomic E-state index is 0.190. The van der Waals surface area contributed by atoms with Crippen molar-refractivity contribution in [2.75, 3.05) is 7.11 Å². The summed E-state index contributed by atoms with van der Waals surface area (Å²) in [6, 6.07) is 13.6. The average Bonchev–Trinajstić information content (AvgIpc) is 3.26. The van der Waals surface area contributed by atoms with Crippen LogP contribution in [-0.2, 0) is 11.3 Å². The van der Waals surface area contributed by atoms with Gasteiger partial charge in [0, 0.05) is 28.3 Å². The SMILES string of the molecule is COc1ccc(-c2ccc(CNC(=O)CC3CC4CCC(C3)N4)s2)cc1. The number of benzene rings is 1. The summed E-state index contributed by atoms with van der Waals surface area (Å²) in [6.07, 6.45) is 5.55. The lowest BCUT2D eigenvalue weighted by Crippen LogP contribution is -2.39. The Morgan fingerprint density at radius 2 is 1.88 bits per heavy atom. The van der Waals surface area contributed by atoms with Gasteiger partial charge in [-0.05, 0) is 73.6 Å². The van der Waals surface area contributed by atoms with Crippen LogP contribution in [0, 0.1) is 5.92 Å². The summed E-state index contributed by atoms with van der Waals surface area (Å²) in [5, 5.41) is 6.75. The molecule has 0 spiro atoms. The highest BCUT2D eigenvalue weighted by Crippen LogP contribution is 2.33. The Morgan fingerprint density at radius 3 is 2.58 bits per heavy atom. The van der Waals surface area contributed by atoms with Gasteiger partial charge in [0.15, 0.2) is 0 Å². The molecule has 4 rings (SSSR count). The molecule has 2 fully saturated rings. The molecule has 0 radical (unpaired) electrons. The number of rotatable bonds is 6. The highest BCUT2D eigenvalue weighted by Gasteiger charge is 2.34. The van der Waals surface area contributed by atoms with Crippen molar-refractivity contribution in [1.29, 1.82) is 0 Å². The van der Waals surface area contributed by atoms with Gasteiger partial charge in [0.2, 0.25) is 5.91 Å². The maximum Gasteiger partial charge on any atom is 0.220 e. The van der Waals surface area contributed by atoms with Gasteiger partial charge < -0.3 is 15.4 Å². The molecule has 1 aromatic heterocycles. The average molecular weight is 371 g/mol. The second-order valence-corrected chi connectivity index (χ2v) is 8.62. The minimum Gasteiger partial charge on any atom is -0.497 e. The van der Waals surface area contributed by atoms with Crippen molar-refractivity contribution in [3.8, 4) is 16.2 Å². The summed E-state index contributed by atoms with van der Waals surface area (Å²) in [5.74, 6) is 1.60. The number of ether oxygens (including phenoxy) is 1. The standard InChI is InChI=1S/C21H26N2O2S/c1-25-18-6-2-15(3-7-18)20-9-8-19(26-20)13-22-21(24)12-14-10-16-4-5-17(11-14)23-16/h2-3,6-9,14,16-17,23H,4-5,10-13H2,1H3,(H,22,24). The molecule has 1 amide bonds. The predicted octanol–water partition coefficient (Wildman–Crippen LogP) is 3.96. The lowest BCUT2D eigenvalue weighted by molar-refractivity contribution is -0.122. The van der Waals surface area contributed by atoms with Crippen molar-refractivity contribution in [1.82, 2.24) is 10.6 Å². The minimum atomic E-state index is 0.190.